The van der Waals surface area contributed by atoms with Crippen molar-refractivity contribution in [3.63, 3.8) is 0 Å². The van der Waals surface area contributed by atoms with E-state index in [1.165, 1.54) is 0 Å². The molecule has 0 amide bonds. The lowest BCUT2D eigenvalue weighted by Crippen LogP contribution is -2.06. The van der Waals surface area contributed by atoms with E-state index in [4.69, 9.17) is 19.9 Å². The first-order valence-corrected chi connectivity index (χ1v) is 5.20. The fourth-order valence-electron chi connectivity index (χ4n) is 1.71. The quantitative estimate of drug-likeness (QED) is 0.794. The van der Waals surface area contributed by atoms with E-state index in [9.17, 15) is 0 Å². The molecule has 2 N–H and O–H groups in total. The number of methoxy groups -OCH3 is 3. The molecule has 0 unspecified atom stereocenters. The molecule has 1 rings (SSSR count). The summed E-state index contributed by atoms with van der Waals surface area (Å²) in [7, 11) is 4.91. The average molecular weight is 225 g/mol. The van der Waals surface area contributed by atoms with Crippen LogP contribution in [0.2, 0.25) is 0 Å². The van der Waals surface area contributed by atoms with E-state index >= 15 is 0 Å². The minimum absolute atomic E-state index is 0.502. The van der Waals surface area contributed by atoms with Gasteiger partial charge in [-0.1, -0.05) is 12.1 Å². The van der Waals surface area contributed by atoms with Crippen molar-refractivity contribution in [3.8, 4) is 11.5 Å². The number of benzene rings is 1. The molecule has 4 nitrogen and oxygen atoms in total. The summed E-state index contributed by atoms with van der Waals surface area (Å²) in [6.45, 7) is 1.09. The molecule has 1 aromatic carbocycles. The van der Waals surface area contributed by atoms with Gasteiger partial charge in [-0.2, -0.15) is 0 Å². The third-order valence-electron chi connectivity index (χ3n) is 2.40. The Labute approximate surface area is 96.3 Å². The second kappa shape index (κ2) is 6.35. The SMILES string of the molecule is COCc1ccc(CCN)c(OC)c1OC. The van der Waals surface area contributed by atoms with Crippen molar-refractivity contribution >= 4 is 0 Å². The maximum atomic E-state index is 5.55. The predicted molar refractivity (Wildman–Crippen MR) is 63.0 cm³/mol. The van der Waals surface area contributed by atoms with Crippen molar-refractivity contribution < 1.29 is 14.2 Å². The summed E-state index contributed by atoms with van der Waals surface area (Å²) >= 11 is 0. The van der Waals surface area contributed by atoms with E-state index < -0.39 is 0 Å². The molecule has 0 aliphatic rings. The van der Waals surface area contributed by atoms with Gasteiger partial charge in [-0.25, -0.2) is 0 Å². The highest BCUT2D eigenvalue weighted by atomic mass is 16.5. The van der Waals surface area contributed by atoms with E-state index in [1.807, 2.05) is 12.1 Å². The fourth-order valence-corrected chi connectivity index (χ4v) is 1.71. The van der Waals surface area contributed by atoms with Crippen molar-refractivity contribution in [3.05, 3.63) is 23.3 Å². The Kier molecular flexibility index (Phi) is 5.08. The first-order valence-electron chi connectivity index (χ1n) is 5.20. The Morgan fingerprint density at radius 3 is 2.06 bits per heavy atom. The Morgan fingerprint density at radius 1 is 1.00 bits per heavy atom. The molecule has 0 spiro atoms. The van der Waals surface area contributed by atoms with E-state index in [0.29, 0.717) is 13.2 Å². The molecule has 1 aromatic rings. The van der Waals surface area contributed by atoms with Gasteiger partial charge < -0.3 is 19.9 Å². The molecule has 16 heavy (non-hydrogen) atoms. The van der Waals surface area contributed by atoms with Crippen LogP contribution in [0.15, 0.2) is 12.1 Å². The fraction of sp³-hybridized carbons (Fsp3) is 0.500. The number of rotatable bonds is 6. The van der Waals surface area contributed by atoms with Crippen LogP contribution in [0.25, 0.3) is 0 Å². The first kappa shape index (κ1) is 12.8. The molecule has 0 fully saturated rings. The zero-order valence-electron chi connectivity index (χ0n) is 10.1. The van der Waals surface area contributed by atoms with Gasteiger partial charge in [0, 0.05) is 12.7 Å². The van der Waals surface area contributed by atoms with Crippen LogP contribution in [0.5, 0.6) is 11.5 Å². The molecule has 0 saturated heterocycles. The lowest BCUT2D eigenvalue weighted by atomic mass is 10.1. The molecule has 90 valence electrons. The van der Waals surface area contributed by atoms with Crippen molar-refractivity contribution in [1.82, 2.24) is 0 Å². The third-order valence-corrected chi connectivity index (χ3v) is 2.40. The Bertz CT molecular complexity index is 306. The van der Waals surface area contributed by atoms with Gasteiger partial charge in [0.1, 0.15) is 0 Å². The topological polar surface area (TPSA) is 53.7 Å². The molecule has 0 bridgehead atoms. The summed E-state index contributed by atoms with van der Waals surface area (Å²) in [6, 6.07) is 3.98. The highest BCUT2D eigenvalue weighted by Gasteiger charge is 2.14. The number of hydrogen-bond donors (Lipinski definition) is 1. The zero-order valence-corrected chi connectivity index (χ0v) is 10.1. The maximum Gasteiger partial charge on any atom is 0.166 e. The normalized spacial score (nSPS) is 10.2. The van der Waals surface area contributed by atoms with Gasteiger partial charge in [-0.15, -0.1) is 0 Å². The summed E-state index contributed by atoms with van der Waals surface area (Å²) in [5.41, 5.74) is 7.58. The van der Waals surface area contributed by atoms with Crippen LogP contribution in [0.4, 0.5) is 0 Å². The molecule has 0 saturated carbocycles. The molecular weight excluding hydrogens is 206 g/mol. The van der Waals surface area contributed by atoms with E-state index in [1.54, 1.807) is 21.3 Å². The highest BCUT2D eigenvalue weighted by Crippen LogP contribution is 2.35. The van der Waals surface area contributed by atoms with Gasteiger partial charge >= 0.3 is 0 Å². The number of ether oxygens (including phenoxy) is 3. The standard InChI is InChI=1S/C12H19NO3/c1-14-8-10-5-4-9(6-7-13)11(15-2)12(10)16-3/h4-5H,6-8,13H2,1-3H3. The molecule has 0 atom stereocenters. The van der Waals surface area contributed by atoms with Gasteiger partial charge in [-0.05, 0) is 18.5 Å². The van der Waals surface area contributed by atoms with Crippen LogP contribution in [0.3, 0.4) is 0 Å². The van der Waals surface area contributed by atoms with Crippen LogP contribution in [0, 0.1) is 0 Å². The molecule has 0 aliphatic carbocycles. The van der Waals surface area contributed by atoms with Gasteiger partial charge in [0.25, 0.3) is 0 Å². The van der Waals surface area contributed by atoms with E-state index in [2.05, 4.69) is 0 Å². The zero-order chi connectivity index (χ0) is 12.0. The molecule has 0 aromatic heterocycles. The van der Waals surface area contributed by atoms with Crippen molar-refractivity contribution in [2.24, 2.45) is 5.73 Å². The molecular formula is C12H19NO3. The molecule has 0 heterocycles. The number of nitrogens with two attached hydrogens (primary N) is 1. The van der Waals surface area contributed by atoms with E-state index in [-0.39, 0.29) is 0 Å². The third kappa shape index (κ3) is 2.65. The van der Waals surface area contributed by atoms with Gasteiger partial charge in [0.15, 0.2) is 11.5 Å². The Hall–Kier alpha value is -1.26. The number of hydrogen-bond acceptors (Lipinski definition) is 4. The minimum Gasteiger partial charge on any atom is -0.493 e. The predicted octanol–water partition coefficient (Wildman–Crippen LogP) is 1.35. The summed E-state index contributed by atoms with van der Waals surface area (Å²) in [5.74, 6) is 1.48. The smallest absolute Gasteiger partial charge is 0.166 e. The molecule has 4 heteroatoms. The maximum absolute atomic E-state index is 5.55. The highest BCUT2D eigenvalue weighted by molar-refractivity contribution is 5.52. The van der Waals surface area contributed by atoms with Crippen LogP contribution in [-0.4, -0.2) is 27.9 Å². The summed E-state index contributed by atoms with van der Waals surface area (Å²) in [5, 5.41) is 0. The average Bonchev–Trinajstić information content (AvgIpc) is 2.31. The monoisotopic (exact) mass is 225 g/mol. The first-order chi connectivity index (χ1) is 7.78. The summed E-state index contributed by atoms with van der Waals surface area (Å²) in [4.78, 5) is 0. The lowest BCUT2D eigenvalue weighted by Gasteiger charge is -2.15. The van der Waals surface area contributed by atoms with Crippen LogP contribution in [-0.2, 0) is 17.8 Å². The minimum atomic E-state index is 0.502. The van der Waals surface area contributed by atoms with Gasteiger partial charge in [0.2, 0.25) is 0 Å². The second-order valence-corrected chi connectivity index (χ2v) is 3.42. The molecule has 0 aliphatic heterocycles. The second-order valence-electron chi connectivity index (χ2n) is 3.42. The Morgan fingerprint density at radius 2 is 1.56 bits per heavy atom. The molecule has 0 radical (unpaired) electrons. The largest absolute Gasteiger partial charge is 0.493 e. The van der Waals surface area contributed by atoms with E-state index in [0.717, 1.165) is 29.0 Å². The van der Waals surface area contributed by atoms with Gasteiger partial charge in [-0.3, -0.25) is 0 Å². The summed E-state index contributed by atoms with van der Waals surface area (Å²) < 4.78 is 15.8. The van der Waals surface area contributed by atoms with Crippen molar-refractivity contribution in [2.45, 2.75) is 13.0 Å². The van der Waals surface area contributed by atoms with Crippen LogP contribution >= 0.6 is 0 Å². The van der Waals surface area contributed by atoms with Crippen molar-refractivity contribution in [2.75, 3.05) is 27.9 Å². The van der Waals surface area contributed by atoms with Crippen LogP contribution in [0.1, 0.15) is 11.1 Å². The summed E-state index contributed by atoms with van der Waals surface area (Å²) in [6.07, 6.45) is 0.771. The van der Waals surface area contributed by atoms with Crippen molar-refractivity contribution in [1.29, 1.82) is 0 Å². The Balaban J connectivity index is 3.16. The lowest BCUT2D eigenvalue weighted by molar-refractivity contribution is 0.180. The van der Waals surface area contributed by atoms with Gasteiger partial charge in [0.05, 0.1) is 20.8 Å². The van der Waals surface area contributed by atoms with Crippen LogP contribution < -0.4 is 15.2 Å².